The molecule has 1 aromatic rings. The molecule has 1 saturated carbocycles. The van der Waals surface area contributed by atoms with Gasteiger partial charge in [0.05, 0.1) is 0 Å². The number of carboxylic acid groups (broad SMARTS) is 1. The van der Waals surface area contributed by atoms with Gasteiger partial charge in [0.2, 0.25) is 0 Å². The number of hydrogen-bond acceptors (Lipinski definition) is 3. The van der Waals surface area contributed by atoms with Crippen LogP contribution in [0.4, 0.5) is 5.82 Å². The van der Waals surface area contributed by atoms with Crippen molar-refractivity contribution in [1.82, 2.24) is 4.98 Å². The topological polar surface area (TPSA) is 53.4 Å². The number of carboxylic acids is 1. The molecule has 0 saturated heterocycles. The summed E-state index contributed by atoms with van der Waals surface area (Å²) in [7, 11) is 0. The summed E-state index contributed by atoms with van der Waals surface area (Å²) in [6, 6.07) is 5.93. The van der Waals surface area contributed by atoms with Gasteiger partial charge in [-0.05, 0) is 25.0 Å². The third-order valence-corrected chi connectivity index (χ3v) is 2.24. The lowest BCUT2D eigenvalue weighted by atomic mass is 10.4. The lowest BCUT2D eigenvalue weighted by molar-refractivity contribution is -0.135. The Balaban J connectivity index is 2.14. The fourth-order valence-corrected chi connectivity index (χ4v) is 1.45. The fraction of sp³-hybridized carbons (Fsp3) is 0.400. The predicted molar refractivity (Wildman–Crippen MR) is 52.2 cm³/mol. The Kier molecular flexibility index (Phi) is 2.35. The van der Waals surface area contributed by atoms with Crippen molar-refractivity contribution < 1.29 is 9.90 Å². The van der Waals surface area contributed by atoms with E-state index in [1.165, 1.54) is 0 Å². The van der Waals surface area contributed by atoms with Crippen LogP contribution < -0.4 is 4.90 Å². The summed E-state index contributed by atoms with van der Waals surface area (Å²) >= 11 is 0. The van der Waals surface area contributed by atoms with E-state index >= 15 is 0 Å². The van der Waals surface area contributed by atoms with Gasteiger partial charge in [-0.3, -0.25) is 4.79 Å². The summed E-state index contributed by atoms with van der Waals surface area (Å²) in [5, 5.41) is 8.75. The highest BCUT2D eigenvalue weighted by Gasteiger charge is 2.31. The lowest BCUT2D eigenvalue weighted by Crippen LogP contribution is -2.32. The largest absolute Gasteiger partial charge is 0.480 e. The van der Waals surface area contributed by atoms with Crippen molar-refractivity contribution >= 4 is 11.8 Å². The van der Waals surface area contributed by atoms with Crippen LogP contribution in [-0.2, 0) is 4.79 Å². The molecular weight excluding hydrogens is 180 g/mol. The van der Waals surface area contributed by atoms with Crippen LogP contribution in [0.3, 0.4) is 0 Å². The fourth-order valence-electron chi connectivity index (χ4n) is 1.45. The summed E-state index contributed by atoms with van der Waals surface area (Å²) < 4.78 is 0. The first-order valence-corrected chi connectivity index (χ1v) is 4.67. The van der Waals surface area contributed by atoms with Gasteiger partial charge in [0.15, 0.2) is 0 Å². The average Bonchev–Trinajstić information content (AvgIpc) is 2.99. The van der Waals surface area contributed by atoms with E-state index < -0.39 is 5.97 Å². The van der Waals surface area contributed by atoms with Gasteiger partial charge in [0.1, 0.15) is 12.4 Å². The van der Waals surface area contributed by atoms with Crippen LogP contribution in [0.25, 0.3) is 0 Å². The second kappa shape index (κ2) is 3.65. The van der Waals surface area contributed by atoms with Crippen LogP contribution in [0, 0.1) is 0 Å². The highest BCUT2D eigenvalue weighted by atomic mass is 16.4. The Labute approximate surface area is 82.2 Å². The maximum Gasteiger partial charge on any atom is 0.323 e. The van der Waals surface area contributed by atoms with Crippen LogP contribution in [0.5, 0.6) is 0 Å². The normalized spacial score (nSPS) is 15.1. The molecule has 0 radical (unpaired) electrons. The maximum absolute atomic E-state index is 10.6. The van der Waals surface area contributed by atoms with E-state index in [1.54, 1.807) is 6.20 Å². The van der Waals surface area contributed by atoms with Crippen LogP contribution in [0.1, 0.15) is 12.8 Å². The first kappa shape index (κ1) is 8.99. The molecule has 1 aliphatic rings. The third kappa shape index (κ3) is 2.02. The number of nitrogens with zero attached hydrogens (tertiary/aromatic N) is 2. The molecule has 0 bridgehead atoms. The van der Waals surface area contributed by atoms with E-state index in [2.05, 4.69) is 4.98 Å². The van der Waals surface area contributed by atoms with Crippen molar-refractivity contribution in [3.63, 3.8) is 0 Å². The first-order chi connectivity index (χ1) is 6.77. The van der Waals surface area contributed by atoms with E-state index in [0.29, 0.717) is 6.04 Å². The van der Waals surface area contributed by atoms with E-state index in [4.69, 9.17) is 5.11 Å². The van der Waals surface area contributed by atoms with Crippen molar-refractivity contribution in [3.8, 4) is 0 Å². The first-order valence-electron chi connectivity index (χ1n) is 4.67. The smallest absolute Gasteiger partial charge is 0.323 e. The van der Waals surface area contributed by atoms with E-state index in [-0.39, 0.29) is 6.54 Å². The molecule has 1 aliphatic carbocycles. The van der Waals surface area contributed by atoms with Gasteiger partial charge in [-0.25, -0.2) is 4.98 Å². The zero-order valence-electron chi connectivity index (χ0n) is 7.76. The molecule has 1 heterocycles. The number of rotatable bonds is 4. The molecule has 0 aliphatic heterocycles. The molecular formula is C10H12N2O2. The standard InChI is InChI=1S/C10H12N2O2/c13-10(14)7-12(8-4-5-8)9-3-1-2-6-11-9/h1-3,6,8H,4-5,7H2,(H,13,14). The molecule has 14 heavy (non-hydrogen) atoms. The minimum absolute atomic E-state index is 0.0433. The SMILES string of the molecule is O=C(O)CN(c1ccccn1)C1CC1. The Hall–Kier alpha value is -1.58. The van der Waals surface area contributed by atoms with E-state index in [9.17, 15) is 4.79 Å². The van der Waals surface area contributed by atoms with Crippen molar-refractivity contribution in [2.45, 2.75) is 18.9 Å². The van der Waals surface area contributed by atoms with E-state index in [1.807, 2.05) is 23.1 Å². The molecule has 2 rings (SSSR count). The number of carbonyl (C=O) groups is 1. The number of anilines is 1. The molecule has 4 heteroatoms. The predicted octanol–water partition coefficient (Wildman–Crippen LogP) is 1.14. The number of aliphatic carboxylic acids is 1. The molecule has 4 nitrogen and oxygen atoms in total. The van der Waals surface area contributed by atoms with Gasteiger partial charge in [0, 0.05) is 12.2 Å². The summed E-state index contributed by atoms with van der Waals surface area (Å²) in [6.45, 7) is 0.0433. The monoisotopic (exact) mass is 192 g/mol. The number of aromatic nitrogens is 1. The zero-order valence-corrected chi connectivity index (χ0v) is 7.76. The minimum Gasteiger partial charge on any atom is -0.480 e. The van der Waals surface area contributed by atoms with Gasteiger partial charge in [-0.2, -0.15) is 0 Å². The highest BCUT2D eigenvalue weighted by molar-refractivity contribution is 5.73. The van der Waals surface area contributed by atoms with E-state index in [0.717, 1.165) is 18.7 Å². The molecule has 1 aromatic heterocycles. The van der Waals surface area contributed by atoms with Gasteiger partial charge in [-0.1, -0.05) is 6.07 Å². The molecule has 1 fully saturated rings. The summed E-state index contributed by atoms with van der Waals surface area (Å²) in [5.74, 6) is -0.0417. The van der Waals surface area contributed by atoms with Crippen LogP contribution in [0.15, 0.2) is 24.4 Å². The van der Waals surface area contributed by atoms with Crippen LogP contribution in [-0.4, -0.2) is 28.6 Å². The number of pyridine rings is 1. The van der Waals surface area contributed by atoms with Crippen molar-refractivity contribution in [1.29, 1.82) is 0 Å². The van der Waals surface area contributed by atoms with Crippen molar-refractivity contribution in [2.24, 2.45) is 0 Å². The second-order valence-electron chi connectivity index (χ2n) is 3.44. The number of hydrogen-bond donors (Lipinski definition) is 1. The van der Waals surface area contributed by atoms with Crippen LogP contribution in [0.2, 0.25) is 0 Å². The lowest BCUT2D eigenvalue weighted by Gasteiger charge is -2.20. The summed E-state index contributed by atoms with van der Waals surface area (Å²) in [4.78, 5) is 16.7. The molecule has 74 valence electrons. The van der Waals surface area contributed by atoms with Gasteiger partial charge >= 0.3 is 5.97 Å². The molecule has 0 atom stereocenters. The maximum atomic E-state index is 10.6. The molecule has 0 spiro atoms. The molecule has 0 aromatic carbocycles. The van der Waals surface area contributed by atoms with Crippen LogP contribution >= 0.6 is 0 Å². The molecule has 0 amide bonds. The summed E-state index contributed by atoms with van der Waals surface area (Å²) in [5.41, 5.74) is 0. The third-order valence-electron chi connectivity index (χ3n) is 2.24. The quantitative estimate of drug-likeness (QED) is 0.777. The Morgan fingerprint density at radius 2 is 2.36 bits per heavy atom. The summed E-state index contributed by atoms with van der Waals surface area (Å²) in [6.07, 6.45) is 3.83. The van der Waals surface area contributed by atoms with Crippen molar-refractivity contribution in [2.75, 3.05) is 11.4 Å². The average molecular weight is 192 g/mol. The van der Waals surface area contributed by atoms with Gasteiger partial charge in [0.25, 0.3) is 0 Å². The molecule has 0 unspecified atom stereocenters. The van der Waals surface area contributed by atoms with Crippen molar-refractivity contribution in [3.05, 3.63) is 24.4 Å². The van der Waals surface area contributed by atoms with Gasteiger partial charge < -0.3 is 10.0 Å². The molecule has 1 N–H and O–H groups in total. The van der Waals surface area contributed by atoms with Gasteiger partial charge in [-0.15, -0.1) is 0 Å². The Morgan fingerprint density at radius 1 is 1.57 bits per heavy atom. The Morgan fingerprint density at radius 3 is 2.86 bits per heavy atom. The second-order valence-corrected chi connectivity index (χ2v) is 3.44. The minimum atomic E-state index is -0.803. The Bertz CT molecular complexity index is 322. The zero-order chi connectivity index (χ0) is 9.97. The highest BCUT2D eigenvalue weighted by Crippen LogP contribution is 2.29.